The topological polar surface area (TPSA) is 41.6 Å². The van der Waals surface area contributed by atoms with Crippen LogP contribution in [0, 0.1) is 0 Å². The fraction of sp³-hybridized carbons (Fsp3) is 0.417. The summed E-state index contributed by atoms with van der Waals surface area (Å²) in [7, 11) is 0. The van der Waals surface area contributed by atoms with Crippen molar-refractivity contribution in [3.05, 3.63) is 34.3 Å². The highest BCUT2D eigenvalue weighted by atomic mass is 79.9. The lowest BCUT2D eigenvalue weighted by Gasteiger charge is -2.26. The molecule has 0 unspecified atom stereocenters. The molecule has 1 saturated heterocycles. The first-order valence-electron chi connectivity index (χ1n) is 5.62. The number of hydrogen-bond donors (Lipinski definition) is 1. The molecule has 1 N–H and O–H groups in total. The Labute approximate surface area is 121 Å². The van der Waals surface area contributed by atoms with Crippen molar-refractivity contribution < 1.29 is 9.53 Å². The van der Waals surface area contributed by atoms with Crippen LogP contribution in [0.25, 0.3) is 0 Å². The highest BCUT2D eigenvalue weighted by Gasteiger charge is 2.16. The molecule has 0 saturated carbocycles. The summed E-state index contributed by atoms with van der Waals surface area (Å²) >= 11 is 3.37. The average Bonchev–Trinajstić information content (AvgIpc) is 2.39. The molecule has 18 heavy (non-hydrogen) atoms. The van der Waals surface area contributed by atoms with Gasteiger partial charge in [-0.2, -0.15) is 0 Å². The smallest absolute Gasteiger partial charge is 0.410 e. The van der Waals surface area contributed by atoms with Gasteiger partial charge in [0.25, 0.3) is 0 Å². The number of amides is 1. The Hall–Kier alpha value is -0.780. The number of halogens is 2. The summed E-state index contributed by atoms with van der Waals surface area (Å²) in [4.78, 5) is 13.4. The molecule has 1 fully saturated rings. The Morgan fingerprint density at radius 3 is 2.50 bits per heavy atom. The van der Waals surface area contributed by atoms with Crippen molar-refractivity contribution in [1.82, 2.24) is 10.2 Å². The van der Waals surface area contributed by atoms with Gasteiger partial charge in [0.1, 0.15) is 6.61 Å². The molecule has 1 aromatic carbocycles. The molecule has 1 amide bonds. The molecule has 1 aromatic rings. The quantitative estimate of drug-likeness (QED) is 0.902. The van der Waals surface area contributed by atoms with E-state index in [1.165, 1.54) is 0 Å². The van der Waals surface area contributed by atoms with E-state index in [1.54, 1.807) is 4.90 Å². The predicted molar refractivity (Wildman–Crippen MR) is 76.0 cm³/mol. The Balaban J connectivity index is 0.00000162. The first kappa shape index (κ1) is 15.3. The van der Waals surface area contributed by atoms with Gasteiger partial charge >= 0.3 is 6.09 Å². The van der Waals surface area contributed by atoms with Crippen molar-refractivity contribution in [2.45, 2.75) is 6.61 Å². The van der Waals surface area contributed by atoms with Gasteiger partial charge in [0, 0.05) is 30.7 Å². The van der Waals surface area contributed by atoms with Crippen molar-refractivity contribution in [1.29, 1.82) is 0 Å². The van der Waals surface area contributed by atoms with Gasteiger partial charge in [-0.1, -0.05) is 28.1 Å². The summed E-state index contributed by atoms with van der Waals surface area (Å²) in [6, 6.07) is 7.76. The fourth-order valence-electron chi connectivity index (χ4n) is 1.66. The van der Waals surface area contributed by atoms with E-state index in [-0.39, 0.29) is 18.5 Å². The normalized spacial score (nSPS) is 14.8. The monoisotopic (exact) mass is 334 g/mol. The summed E-state index contributed by atoms with van der Waals surface area (Å²) in [5.74, 6) is 0. The molecule has 6 heteroatoms. The molecule has 0 aliphatic carbocycles. The summed E-state index contributed by atoms with van der Waals surface area (Å²) in [5.41, 5.74) is 0.997. The Kier molecular flexibility index (Phi) is 6.46. The maximum atomic E-state index is 11.7. The summed E-state index contributed by atoms with van der Waals surface area (Å²) < 4.78 is 6.27. The maximum absolute atomic E-state index is 11.7. The highest BCUT2D eigenvalue weighted by molar-refractivity contribution is 9.10. The van der Waals surface area contributed by atoms with Gasteiger partial charge in [-0.15, -0.1) is 12.4 Å². The van der Waals surface area contributed by atoms with Crippen molar-refractivity contribution >= 4 is 34.4 Å². The van der Waals surface area contributed by atoms with Gasteiger partial charge in [-0.05, 0) is 17.7 Å². The molecule has 0 aromatic heterocycles. The number of nitrogens with one attached hydrogen (secondary N) is 1. The first-order valence-corrected chi connectivity index (χ1v) is 6.42. The molecule has 0 radical (unpaired) electrons. The standard InChI is InChI=1S/C12H15BrN2O2.ClH/c13-11-3-1-10(2-4-11)9-17-12(16)15-7-5-14-6-8-15;/h1-4,14H,5-9H2;1H. The second-order valence-electron chi connectivity index (χ2n) is 3.92. The van der Waals surface area contributed by atoms with Crippen LogP contribution < -0.4 is 5.32 Å². The lowest BCUT2D eigenvalue weighted by Crippen LogP contribution is -2.46. The molecule has 1 aliphatic rings. The van der Waals surface area contributed by atoms with Gasteiger partial charge in [0.05, 0.1) is 0 Å². The molecular formula is C12H16BrClN2O2. The summed E-state index contributed by atoms with van der Waals surface area (Å²) in [6.07, 6.45) is -0.227. The van der Waals surface area contributed by atoms with Gasteiger partial charge in [0.15, 0.2) is 0 Å². The predicted octanol–water partition coefficient (Wildman–Crippen LogP) is 2.41. The van der Waals surface area contributed by atoms with Crippen LogP contribution >= 0.6 is 28.3 Å². The molecule has 4 nitrogen and oxygen atoms in total. The highest BCUT2D eigenvalue weighted by Crippen LogP contribution is 2.11. The SMILES string of the molecule is Cl.O=C(OCc1ccc(Br)cc1)N1CCNCC1. The Bertz CT molecular complexity index is 380. The number of carbonyl (C=O) groups excluding carboxylic acids is 1. The number of ether oxygens (including phenoxy) is 1. The van der Waals surface area contributed by atoms with Crippen LogP contribution in [0.5, 0.6) is 0 Å². The zero-order valence-electron chi connectivity index (χ0n) is 9.89. The third-order valence-corrected chi connectivity index (χ3v) is 3.18. The van der Waals surface area contributed by atoms with Crippen LogP contribution in [0.4, 0.5) is 4.79 Å². The lowest BCUT2D eigenvalue weighted by molar-refractivity contribution is 0.0918. The largest absolute Gasteiger partial charge is 0.445 e. The van der Waals surface area contributed by atoms with Crippen LogP contribution in [-0.4, -0.2) is 37.2 Å². The van der Waals surface area contributed by atoms with Gasteiger partial charge in [0.2, 0.25) is 0 Å². The number of hydrogen-bond acceptors (Lipinski definition) is 3. The third kappa shape index (κ3) is 4.48. The molecule has 0 spiro atoms. The van der Waals surface area contributed by atoms with Gasteiger partial charge in [-0.25, -0.2) is 4.79 Å². The molecule has 0 bridgehead atoms. The summed E-state index contributed by atoms with van der Waals surface area (Å²) in [5, 5.41) is 3.19. The summed E-state index contributed by atoms with van der Waals surface area (Å²) in [6.45, 7) is 3.45. The Morgan fingerprint density at radius 2 is 1.89 bits per heavy atom. The lowest BCUT2D eigenvalue weighted by atomic mass is 10.2. The van der Waals surface area contributed by atoms with E-state index in [0.29, 0.717) is 6.61 Å². The molecule has 1 heterocycles. The van der Waals surface area contributed by atoms with E-state index in [4.69, 9.17) is 4.74 Å². The number of piperazine rings is 1. The van der Waals surface area contributed by atoms with E-state index in [9.17, 15) is 4.79 Å². The zero-order valence-corrected chi connectivity index (χ0v) is 12.3. The second-order valence-corrected chi connectivity index (χ2v) is 4.83. The van der Waals surface area contributed by atoms with Crippen LogP contribution in [0.15, 0.2) is 28.7 Å². The zero-order chi connectivity index (χ0) is 12.1. The molecule has 2 rings (SSSR count). The molecule has 1 aliphatic heterocycles. The second kappa shape index (κ2) is 7.61. The van der Waals surface area contributed by atoms with Crippen LogP contribution in [0.2, 0.25) is 0 Å². The first-order chi connectivity index (χ1) is 8.25. The van der Waals surface area contributed by atoms with Crippen molar-refractivity contribution in [3.8, 4) is 0 Å². The van der Waals surface area contributed by atoms with Crippen molar-refractivity contribution in [2.24, 2.45) is 0 Å². The van der Waals surface area contributed by atoms with Crippen LogP contribution in [-0.2, 0) is 11.3 Å². The number of rotatable bonds is 2. The van der Waals surface area contributed by atoms with Crippen LogP contribution in [0.3, 0.4) is 0 Å². The molecule has 100 valence electrons. The van der Waals surface area contributed by atoms with E-state index >= 15 is 0 Å². The number of carbonyl (C=O) groups is 1. The minimum atomic E-state index is -0.227. The van der Waals surface area contributed by atoms with Crippen LogP contribution in [0.1, 0.15) is 5.56 Å². The number of benzene rings is 1. The average molecular weight is 336 g/mol. The fourth-order valence-corrected chi connectivity index (χ4v) is 1.93. The molecule has 0 atom stereocenters. The van der Waals surface area contributed by atoms with E-state index in [2.05, 4.69) is 21.2 Å². The third-order valence-electron chi connectivity index (χ3n) is 2.65. The maximum Gasteiger partial charge on any atom is 0.410 e. The van der Waals surface area contributed by atoms with E-state index in [0.717, 1.165) is 36.2 Å². The van der Waals surface area contributed by atoms with Gasteiger partial charge < -0.3 is 15.0 Å². The van der Waals surface area contributed by atoms with Crippen molar-refractivity contribution in [2.75, 3.05) is 26.2 Å². The Morgan fingerprint density at radius 1 is 1.28 bits per heavy atom. The minimum Gasteiger partial charge on any atom is -0.445 e. The number of nitrogens with zero attached hydrogens (tertiary/aromatic N) is 1. The minimum absolute atomic E-state index is 0. The van der Waals surface area contributed by atoms with E-state index in [1.807, 2.05) is 24.3 Å². The molecular weight excluding hydrogens is 320 g/mol. The van der Waals surface area contributed by atoms with Gasteiger partial charge in [-0.3, -0.25) is 0 Å². The van der Waals surface area contributed by atoms with E-state index < -0.39 is 0 Å². The van der Waals surface area contributed by atoms with Crippen molar-refractivity contribution in [3.63, 3.8) is 0 Å².